The van der Waals surface area contributed by atoms with Gasteiger partial charge in [0.2, 0.25) is 11.8 Å². The summed E-state index contributed by atoms with van der Waals surface area (Å²) in [7, 11) is 1.28. The number of esters is 1. The Kier molecular flexibility index (Phi) is 9.65. The number of benzene rings is 1. The summed E-state index contributed by atoms with van der Waals surface area (Å²) < 4.78 is 4.84. The van der Waals surface area contributed by atoms with Gasteiger partial charge in [-0.2, -0.15) is 0 Å². The summed E-state index contributed by atoms with van der Waals surface area (Å²) in [5.41, 5.74) is 6.79. The lowest BCUT2D eigenvalue weighted by Gasteiger charge is -2.25. The Morgan fingerprint density at radius 1 is 0.964 bits per heavy atom. The van der Waals surface area contributed by atoms with E-state index in [9.17, 15) is 14.4 Å². The third kappa shape index (κ3) is 7.68. The maximum atomic E-state index is 12.9. The fourth-order valence-electron chi connectivity index (χ4n) is 2.73. The van der Waals surface area contributed by atoms with E-state index in [1.807, 2.05) is 58.0 Å². The molecule has 0 fully saturated rings. The van der Waals surface area contributed by atoms with Gasteiger partial charge in [-0.05, 0) is 23.8 Å². The largest absolute Gasteiger partial charge is 0.467 e. The van der Waals surface area contributed by atoms with E-state index < -0.39 is 30.0 Å². The van der Waals surface area contributed by atoms with Crippen molar-refractivity contribution in [3.63, 3.8) is 0 Å². The minimum absolute atomic E-state index is 0.0522. The van der Waals surface area contributed by atoms with Crippen molar-refractivity contribution in [1.29, 1.82) is 0 Å². The fourth-order valence-corrected chi connectivity index (χ4v) is 2.73. The molecule has 0 heterocycles. The Labute approximate surface area is 167 Å². The molecular formula is C21H33N3O4. The second-order valence-corrected chi connectivity index (χ2v) is 7.73. The molecule has 3 atom stereocenters. The Morgan fingerprint density at radius 2 is 1.54 bits per heavy atom. The fraction of sp³-hybridized carbons (Fsp3) is 0.571. The zero-order valence-corrected chi connectivity index (χ0v) is 17.4. The number of nitrogens with one attached hydrogen (secondary N) is 2. The summed E-state index contributed by atoms with van der Waals surface area (Å²) in [4.78, 5) is 37.4. The third-order valence-electron chi connectivity index (χ3n) is 4.45. The molecular weight excluding hydrogens is 358 g/mol. The van der Waals surface area contributed by atoms with Crippen molar-refractivity contribution in [3.8, 4) is 0 Å². The van der Waals surface area contributed by atoms with E-state index in [0.717, 1.165) is 5.56 Å². The van der Waals surface area contributed by atoms with Crippen LogP contribution in [0.2, 0.25) is 0 Å². The molecule has 1 aromatic rings. The van der Waals surface area contributed by atoms with Crippen LogP contribution in [-0.4, -0.2) is 43.0 Å². The highest BCUT2D eigenvalue weighted by Gasteiger charge is 2.29. The molecule has 0 aliphatic rings. The third-order valence-corrected chi connectivity index (χ3v) is 4.45. The number of ether oxygens (including phenoxy) is 1. The molecule has 0 spiro atoms. The van der Waals surface area contributed by atoms with Gasteiger partial charge < -0.3 is 21.1 Å². The zero-order valence-electron chi connectivity index (χ0n) is 17.4. The molecule has 4 N–H and O–H groups in total. The minimum Gasteiger partial charge on any atom is -0.467 e. The highest BCUT2D eigenvalue weighted by molar-refractivity contribution is 5.92. The molecule has 0 aromatic heterocycles. The van der Waals surface area contributed by atoms with Crippen molar-refractivity contribution in [3.05, 3.63) is 35.9 Å². The van der Waals surface area contributed by atoms with Crippen molar-refractivity contribution in [2.75, 3.05) is 7.11 Å². The van der Waals surface area contributed by atoms with E-state index in [1.54, 1.807) is 0 Å². The van der Waals surface area contributed by atoms with Gasteiger partial charge in [-0.1, -0.05) is 58.0 Å². The van der Waals surface area contributed by atoms with Gasteiger partial charge in [0.1, 0.15) is 12.1 Å². The molecule has 0 saturated carbocycles. The highest BCUT2D eigenvalue weighted by atomic mass is 16.5. The molecule has 0 saturated heterocycles. The summed E-state index contributed by atoms with van der Waals surface area (Å²) in [5, 5.41) is 5.45. The minimum atomic E-state index is -0.842. The summed E-state index contributed by atoms with van der Waals surface area (Å²) in [6, 6.07) is 7.02. The van der Waals surface area contributed by atoms with Crippen LogP contribution < -0.4 is 16.4 Å². The summed E-state index contributed by atoms with van der Waals surface area (Å²) >= 11 is 0. The number of nitrogens with two attached hydrogens (primary N) is 1. The van der Waals surface area contributed by atoms with Crippen molar-refractivity contribution in [2.45, 2.75) is 58.7 Å². The highest BCUT2D eigenvalue weighted by Crippen LogP contribution is 2.09. The molecule has 28 heavy (non-hydrogen) atoms. The van der Waals surface area contributed by atoms with Crippen LogP contribution in [0.15, 0.2) is 30.3 Å². The number of methoxy groups -OCH3 is 1. The molecule has 7 nitrogen and oxygen atoms in total. The molecule has 0 unspecified atom stereocenters. The molecule has 0 aliphatic carbocycles. The Balaban J connectivity index is 2.91. The van der Waals surface area contributed by atoms with Crippen LogP contribution in [0.4, 0.5) is 0 Å². The Bertz CT molecular complexity index is 646. The van der Waals surface area contributed by atoms with E-state index in [-0.39, 0.29) is 17.7 Å². The molecule has 0 radical (unpaired) electrons. The number of carbonyl (C=O) groups is 3. The van der Waals surface area contributed by atoms with Gasteiger partial charge in [0, 0.05) is 6.42 Å². The first-order chi connectivity index (χ1) is 13.1. The summed E-state index contributed by atoms with van der Waals surface area (Å²) in [5.74, 6) is -1.23. The van der Waals surface area contributed by atoms with Gasteiger partial charge >= 0.3 is 5.97 Å². The average Bonchev–Trinajstić information content (AvgIpc) is 2.65. The zero-order chi connectivity index (χ0) is 21.3. The molecule has 156 valence electrons. The molecule has 1 rings (SSSR count). The first-order valence-corrected chi connectivity index (χ1v) is 9.63. The number of rotatable bonds is 10. The Morgan fingerprint density at radius 3 is 2.04 bits per heavy atom. The Hall–Kier alpha value is -2.41. The summed E-state index contributed by atoms with van der Waals surface area (Å²) in [6.45, 7) is 7.59. The molecule has 2 amide bonds. The van der Waals surface area contributed by atoms with Crippen LogP contribution in [0.1, 0.15) is 39.7 Å². The van der Waals surface area contributed by atoms with Gasteiger partial charge in [-0.3, -0.25) is 9.59 Å². The maximum Gasteiger partial charge on any atom is 0.328 e. The van der Waals surface area contributed by atoms with Crippen molar-refractivity contribution in [2.24, 2.45) is 17.6 Å². The lowest BCUT2D eigenvalue weighted by molar-refractivity contribution is -0.145. The molecule has 1 aromatic carbocycles. The number of hydrogen-bond donors (Lipinski definition) is 3. The second-order valence-electron chi connectivity index (χ2n) is 7.73. The molecule has 0 aliphatic heterocycles. The predicted molar refractivity (Wildman–Crippen MR) is 108 cm³/mol. The first-order valence-electron chi connectivity index (χ1n) is 9.63. The van der Waals surface area contributed by atoms with Crippen LogP contribution in [0.25, 0.3) is 0 Å². The van der Waals surface area contributed by atoms with Gasteiger partial charge in [0.05, 0.1) is 13.2 Å². The van der Waals surface area contributed by atoms with Gasteiger partial charge in [-0.25, -0.2) is 4.79 Å². The van der Waals surface area contributed by atoms with Crippen molar-refractivity contribution >= 4 is 17.8 Å². The van der Waals surface area contributed by atoms with E-state index in [0.29, 0.717) is 12.8 Å². The average molecular weight is 392 g/mol. The van der Waals surface area contributed by atoms with Gasteiger partial charge in [-0.15, -0.1) is 0 Å². The van der Waals surface area contributed by atoms with Crippen molar-refractivity contribution < 1.29 is 19.1 Å². The van der Waals surface area contributed by atoms with Crippen LogP contribution >= 0.6 is 0 Å². The maximum absolute atomic E-state index is 12.9. The lowest BCUT2D eigenvalue weighted by atomic mass is 9.99. The standard InChI is InChI=1S/C21H33N3O4/c1-13(2)11-16(23-20(26)18(22)14(3)4)19(25)24-17(21(27)28-5)12-15-9-7-6-8-10-15/h6-10,13-14,16-18H,11-12,22H2,1-5H3,(H,23,26)(H,24,25)/t16-,17-,18-/m0/s1. The molecule has 0 bridgehead atoms. The second kappa shape index (κ2) is 11.4. The topological polar surface area (TPSA) is 111 Å². The van der Waals surface area contributed by atoms with Gasteiger partial charge in [0.15, 0.2) is 0 Å². The normalized spacial score (nSPS) is 14.3. The lowest BCUT2D eigenvalue weighted by Crippen LogP contribution is -2.56. The first kappa shape index (κ1) is 23.6. The van der Waals surface area contributed by atoms with E-state index in [4.69, 9.17) is 10.5 Å². The number of carbonyl (C=O) groups excluding carboxylic acids is 3. The van der Waals surface area contributed by atoms with Crippen molar-refractivity contribution in [1.82, 2.24) is 10.6 Å². The number of hydrogen-bond acceptors (Lipinski definition) is 5. The van der Waals surface area contributed by atoms with E-state index >= 15 is 0 Å². The van der Waals surface area contributed by atoms with Crippen LogP contribution in [0.3, 0.4) is 0 Å². The molecule has 7 heteroatoms. The van der Waals surface area contributed by atoms with Gasteiger partial charge in [0.25, 0.3) is 0 Å². The SMILES string of the molecule is COC(=O)[C@H](Cc1ccccc1)NC(=O)[C@H](CC(C)C)NC(=O)[C@@H](N)C(C)C. The van der Waals surface area contributed by atoms with Crippen LogP contribution in [-0.2, 0) is 25.5 Å². The predicted octanol–water partition coefficient (Wildman–Crippen LogP) is 1.40. The number of amides is 2. The smallest absolute Gasteiger partial charge is 0.328 e. The monoisotopic (exact) mass is 391 g/mol. The van der Waals surface area contributed by atoms with Crippen LogP contribution in [0.5, 0.6) is 0 Å². The summed E-state index contributed by atoms with van der Waals surface area (Å²) in [6.07, 6.45) is 0.731. The van der Waals surface area contributed by atoms with E-state index in [2.05, 4.69) is 10.6 Å². The quantitative estimate of drug-likeness (QED) is 0.522. The van der Waals surface area contributed by atoms with E-state index in [1.165, 1.54) is 7.11 Å². The van der Waals surface area contributed by atoms with Crippen LogP contribution in [0, 0.1) is 11.8 Å².